The highest BCUT2D eigenvalue weighted by atomic mass is 127. The van der Waals surface area contributed by atoms with Crippen LogP contribution >= 0.6 is 34.2 Å². The molecule has 1 aromatic heterocycles. The number of hydrogen-bond donors (Lipinski definition) is 1. The molecule has 0 amide bonds. The van der Waals surface area contributed by atoms with Gasteiger partial charge in [0.2, 0.25) is 0 Å². The van der Waals surface area contributed by atoms with Gasteiger partial charge >= 0.3 is 0 Å². The zero-order valence-corrected chi connectivity index (χ0v) is 11.1. The van der Waals surface area contributed by atoms with Crippen LogP contribution in [0, 0.1) is 3.57 Å². The second-order valence-electron chi connectivity index (χ2n) is 2.92. The molecule has 0 bridgehead atoms. The van der Waals surface area contributed by atoms with Gasteiger partial charge in [-0.2, -0.15) is 0 Å². The number of pyridine rings is 1. The van der Waals surface area contributed by atoms with E-state index in [2.05, 4.69) is 34.2 Å². The summed E-state index contributed by atoms with van der Waals surface area (Å²) < 4.78 is 6.17. The van der Waals surface area contributed by atoms with Crippen LogP contribution in [-0.4, -0.2) is 16.7 Å². The molecule has 0 aliphatic carbocycles. The van der Waals surface area contributed by atoms with E-state index in [0.717, 1.165) is 3.57 Å². The van der Waals surface area contributed by atoms with Crippen molar-refractivity contribution in [1.82, 2.24) is 4.98 Å². The Kier molecular flexibility index (Phi) is 4.82. The molecule has 1 heterocycles. The van der Waals surface area contributed by atoms with Gasteiger partial charge in [-0.1, -0.05) is 24.3 Å². The molecule has 0 aromatic carbocycles. The zero-order valence-electron chi connectivity index (χ0n) is 8.20. The molecule has 0 fully saturated rings. The van der Waals surface area contributed by atoms with Gasteiger partial charge in [0.1, 0.15) is 6.61 Å². The number of ether oxygens (including phenoxy) is 1. The summed E-state index contributed by atoms with van der Waals surface area (Å²) in [6.07, 6.45) is 0.999. The van der Waals surface area contributed by atoms with Gasteiger partial charge in [-0.3, -0.25) is 0 Å². The van der Waals surface area contributed by atoms with Gasteiger partial charge in [-0.15, -0.1) is 0 Å². The van der Waals surface area contributed by atoms with Gasteiger partial charge in [0.05, 0.1) is 15.4 Å². The van der Waals surface area contributed by atoms with Crippen molar-refractivity contribution in [3.05, 3.63) is 33.1 Å². The van der Waals surface area contributed by atoms with E-state index >= 15 is 0 Å². The highest BCUT2D eigenvalue weighted by Crippen LogP contribution is 2.30. The Morgan fingerprint density at radius 1 is 1.80 bits per heavy atom. The molecule has 0 spiro atoms. The summed E-state index contributed by atoms with van der Waals surface area (Å²) in [6, 6.07) is 1.75. The third kappa shape index (κ3) is 3.32. The molecular formula is C10H11ClINO2. The van der Waals surface area contributed by atoms with Gasteiger partial charge in [0, 0.05) is 0 Å². The zero-order chi connectivity index (χ0) is 11.4. The molecular weight excluding hydrogens is 328 g/mol. The van der Waals surface area contributed by atoms with Crippen molar-refractivity contribution in [2.75, 3.05) is 6.61 Å². The third-order valence-corrected chi connectivity index (χ3v) is 2.74. The molecule has 0 saturated carbocycles. The fourth-order valence-electron chi connectivity index (χ4n) is 0.975. The first kappa shape index (κ1) is 12.7. The maximum Gasteiger partial charge on any atom is 0.172 e. The van der Waals surface area contributed by atoms with Crippen LogP contribution in [-0.2, 0) is 0 Å². The Hall–Kier alpha value is -0.330. The molecule has 1 rings (SSSR count). The molecule has 82 valence electrons. The molecule has 0 saturated heterocycles. The summed E-state index contributed by atoms with van der Waals surface area (Å²) in [4.78, 5) is 4.04. The van der Waals surface area contributed by atoms with E-state index in [1.807, 2.05) is 0 Å². The first-order valence-electron chi connectivity index (χ1n) is 4.34. The number of aliphatic hydroxyl groups excluding tert-OH is 1. The Bertz CT molecular complexity index is 345. The fourth-order valence-corrected chi connectivity index (χ4v) is 2.12. The van der Waals surface area contributed by atoms with Crippen LogP contribution in [0.3, 0.4) is 0 Å². The number of rotatable bonds is 4. The quantitative estimate of drug-likeness (QED) is 0.521. The SMILES string of the molecule is C=CCOc1c(I)cc(C(C)O)nc1Cl. The van der Waals surface area contributed by atoms with Crippen molar-refractivity contribution < 1.29 is 9.84 Å². The fraction of sp³-hybridized carbons (Fsp3) is 0.300. The van der Waals surface area contributed by atoms with E-state index in [-0.39, 0.29) is 5.15 Å². The lowest BCUT2D eigenvalue weighted by Crippen LogP contribution is -2.02. The molecule has 0 aliphatic heterocycles. The standard InChI is InChI=1S/C10H11ClINO2/c1-3-4-15-9-7(12)5-8(6(2)14)13-10(9)11/h3,5-6,14H,1,4H2,2H3. The Morgan fingerprint density at radius 3 is 2.93 bits per heavy atom. The van der Waals surface area contributed by atoms with Gasteiger partial charge in [0.25, 0.3) is 0 Å². The minimum atomic E-state index is -0.635. The second kappa shape index (κ2) is 5.67. The van der Waals surface area contributed by atoms with E-state index in [0.29, 0.717) is 18.1 Å². The monoisotopic (exact) mass is 339 g/mol. The Balaban J connectivity index is 3.03. The normalized spacial score (nSPS) is 12.3. The van der Waals surface area contributed by atoms with Gasteiger partial charge in [-0.05, 0) is 35.6 Å². The molecule has 3 nitrogen and oxygen atoms in total. The van der Waals surface area contributed by atoms with Crippen LogP contribution in [0.2, 0.25) is 5.15 Å². The number of aliphatic hydroxyl groups is 1. The molecule has 5 heteroatoms. The molecule has 1 unspecified atom stereocenters. The van der Waals surface area contributed by atoms with Crippen LogP contribution in [0.1, 0.15) is 18.7 Å². The Morgan fingerprint density at radius 2 is 2.47 bits per heavy atom. The number of aromatic nitrogens is 1. The van der Waals surface area contributed by atoms with Crippen LogP contribution in [0.25, 0.3) is 0 Å². The van der Waals surface area contributed by atoms with Crippen molar-refractivity contribution in [3.63, 3.8) is 0 Å². The predicted octanol–water partition coefficient (Wildman–Crippen LogP) is 2.96. The van der Waals surface area contributed by atoms with Gasteiger partial charge in [-0.25, -0.2) is 4.98 Å². The summed E-state index contributed by atoms with van der Waals surface area (Å²) in [5.41, 5.74) is 0.537. The first-order chi connectivity index (χ1) is 7.06. The van der Waals surface area contributed by atoms with E-state index in [1.165, 1.54) is 0 Å². The summed E-state index contributed by atoms with van der Waals surface area (Å²) in [5, 5.41) is 9.62. The van der Waals surface area contributed by atoms with E-state index < -0.39 is 6.10 Å². The van der Waals surface area contributed by atoms with E-state index in [4.69, 9.17) is 16.3 Å². The lowest BCUT2D eigenvalue weighted by atomic mass is 10.2. The summed E-state index contributed by atoms with van der Waals surface area (Å²) in [7, 11) is 0. The van der Waals surface area contributed by atoms with Crippen LogP contribution in [0.15, 0.2) is 18.7 Å². The number of halogens is 2. The van der Waals surface area contributed by atoms with Crippen LogP contribution in [0.4, 0.5) is 0 Å². The highest BCUT2D eigenvalue weighted by molar-refractivity contribution is 14.1. The van der Waals surface area contributed by atoms with Crippen molar-refractivity contribution in [2.24, 2.45) is 0 Å². The minimum Gasteiger partial charge on any atom is -0.485 e. The van der Waals surface area contributed by atoms with Crippen LogP contribution in [0.5, 0.6) is 5.75 Å². The number of hydrogen-bond acceptors (Lipinski definition) is 3. The lowest BCUT2D eigenvalue weighted by molar-refractivity contribution is 0.194. The van der Waals surface area contributed by atoms with Gasteiger partial charge < -0.3 is 9.84 Å². The van der Waals surface area contributed by atoms with Crippen molar-refractivity contribution >= 4 is 34.2 Å². The average molecular weight is 340 g/mol. The second-order valence-corrected chi connectivity index (χ2v) is 4.44. The molecule has 15 heavy (non-hydrogen) atoms. The first-order valence-corrected chi connectivity index (χ1v) is 5.79. The van der Waals surface area contributed by atoms with E-state index in [9.17, 15) is 5.11 Å². The molecule has 0 radical (unpaired) electrons. The van der Waals surface area contributed by atoms with Crippen molar-refractivity contribution in [2.45, 2.75) is 13.0 Å². The number of nitrogens with zero attached hydrogens (tertiary/aromatic N) is 1. The molecule has 1 aromatic rings. The highest BCUT2D eigenvalue weighted by Gasteiger charge is 2.12. The third-order valence-electron chi connectivity index (χ3n) is 1.68. The Labute approximate surface area is 107 Å². The summed E-state index contributed by atoms with van der Waals surface area (Å²) in [6.45, 7) is 5.57. The van der Waals surface area contributed by atoms with E-state index in [1.54, 1.807) is 19.1 Å². The van der Waals surface area contributed by atoms with Crippen LogP contribution < -0.4 is 4.74 Å². The predicted molar refractivity (Wildman–Crippen MR) is 68.3 cm³/mol. The summed E-state index contributed by atoms with van der Waals surface area (Å²) in [5.74, 6) is 0.529. The topological polar surface area (TPSA) is 42.4 Å². The molecule has 0 aliphatic rings. The maximum absolute atomic E-state index is 9.36. The lowest BCUT2D eigenvalue weighted by Gasteiger charge is -2.10. The largest absolute Gasteiger partial charge is 0.485 e. The van der Waals surface area contributed by atoms with Crippen molar-refractivity contribution in [3.8, 4) is 5.75 Å². The average Bonchev–Trinajstić information content (AvgIpc) is 2.16. The summed E-state index contributed by atoms with van der Waals surface area (Å²) >= 11 is 8.02. The maximum atomic E-state index is 9.36. The minimum absolute atomic E-state index is 0.264. The van der Waals surface area contributed by atoms with Crippen molar-refractivity contribution in [1.29, 1.82) is 0 Å². The molecule has 1 N–H and O–H groups in total. The smallest absolute Gasteiger partial charge is 0.172 e. The van der Waals surface area contributed by atoms with Gasteiger partial charge in [0.15, 0.2) is 10.9 Å². The molecule has 1 atom stereocenters.